The molecule has 2 N–H and O–H groups in total. The molecule has 0 atom stereocenters. The quantitative estimate of drug-likeness (QED) is 0.887. The Balaban J connectivity index is 2.25. The maximum atomic E-state index is 10.9. The number of rotatable bonds is 3. The number of primary amides is 1. The lowest BCUT2D eigenvalue weighted by Crippen LogP contribution is -2.16. The van der Waals surface area contributed by atoms with E-state index in [1.807, 2.05) is 19.2 Å². The van der Waals surface area contributed by atoms with Crippen LogP contribution in [0.4, 0.5) is 11.5 Å². The molecule has 0 saturated carbocycles. The monoisotopic (exact) mass is 253 g/mol. The Morgan fingerprint density at radius 1 is 1.21 bits per heavy atom. The molecule has 1 aromatic heterocycles. The topological polar surface area (TPSA) is 95.9 Å². The molecular weight excluding hydrogens is 242 g/mol. The number of anilines is 2. The molecule has 0 radical (unpaired) electrons. The summed E-state index contributed by atoms with van der Waals surface area (Å²) in [6.07, 6.45) is 0. The predicted molar refractivity (Wildman–Crippen MR) is 69.8 cm³/mol. The number of hydrogen-bond acceptors (Lipinski definition) is 5. The summed E-state index contributed by atoms with van der Waals surface area (Å²) in [5.41, 5.74) is 6.67. The lowest BCUT2D eigenvalue weighted by Gasteiger charge is -2.17. The lowest BCUT2D eigenvalue weighted by molar-refractivity contribution is 0.0994. The van der Waals surface area contributed by atoms with E-state index in [4.69, 9.17) is 11.0 Å². The van der Waals surface area contributed by atoms with E-state index in [1.165, 1.54) is 6.07 Å². The van der Waals surface area contributed by atoms with Gasteiger partial charge in [0.15, 0.2) is 11.5 Å². The highest BCUT2D eigenvalue weighted by molar-refractivity contribution is 5.90. The van der Waals surface area contributed by atoms with Gasteiger partial charge in [0.25, 0.3) is 5.91 Å². The van der Waals surface area contributed by atoms with Crippen molar-refractivity contribution in [3.8, 4) is 6.07 Å². The number of nitrogens with zero attached hydrogens (tertiary/aromatic N) is 4. The van der Waals surface area contributed by atoms with Crippen LogP contribution in [0.1, 0.15) is 16.1 Å². The van der Waals surface area contributed by atoms with E-state index < -0.39 is 5.91 Å². The SMILES string of the molecule is CN(c1ccc(C#N)cc1)c1ccc(C(N)=O)nn1. The van der Waals surface area contributed by atoms with Crippen LogP contribution in [0.15, 0.2) is 36.4 Å². The summed E-state index contributed by atoms with van der Waals surface area (Å²) in [4.78, 5) is 12.7. The summed E-state index contributed by atoms with van der Waals surface area (Å²) in [7, 11) is 1.81. The third-order valence-electron chi connectivity index (χ3n) is 2.63. The van der Waals surface area contributed by atoms with Crippen LogP contribution in [-0.4, -0.2) is 23.2 Å². The third kappa shape index (κ3) is 2.66. The largest absolute Gasteiger partial charge is 0.364 e. The maximum absolute atomic E-state index is 10.9. The molecule has 1 heterocycles. The Morgan fingerprint density at radius 2 is 1.89 bits per heavy atom. The summed E-state index contributed by atoms with van der Waals surface area (Å²) in [6.45, 7) is 0. The minimum atomic E-state index is -0.611. The van der Waals surface area contributed by atoms with Crippen LogP contribution in [-0.2, 0) is 0 Å². The first-order chi connectivity index (χ1) is 9.11. The first-order valence-corrected chi connectivity index (χ1v) is 5.49. The van der Waals surface area contributed by atoms with Gasteiger partial charge in [-0.25, -0.2) is 0 Å². The fourth-order valence-electron chi connectivity index (χ4n) is 1.53. The average molecular weight is 253 g/mol. The van der Waals surface area contributed by atoms with E-state index in [2.05, 4.69) is 16.3 Å². The second-order valence-corrected chi connectivity index (χ2v) is 3.86. The van der Waals surface area contributed by atoms with Gasteiger partial charge in [-0.05, 0) is 36.4 Å². The standard InChI is InChI=1S/C13H11N5O/c1-18(10-4-2-9(8-14)3-5-10)12-7-6-11(13(15)19)16-17-12/h2-7H,1H3,(H2,15,19). The number of carbonyl (C=O) groups is 1. The zero-order valence-corrected chi connectivity index (χ0v) is 10.2. The Morgan fingerprint density at radius 3 is 2.37 bits per heavy atom. The van der Waals surface area contributed by atoms with Gasteiger partial charge in [0.1, 0.15) is 0 Å². The first kappa shape index (κ1) is 12.5. The molecule has 2 aromatic rings. The molecule has 0 aliphatic rings. The van der Waals surface area contributed by atoms with E-state index in [1.54, 1.807) is 23.1 Å². The van der Waals surface area contributed by atoms with Crippen LogP contribution in [0.5, 0.6) is 0 Å². The van der Waals surface area contributed by atoms with Crippen molar-refractivity contribution in [2.75, 3.05) is 11.9 Å². The number of benzene rings is 1. The van der Waals surface area contributed by atoms with Gasteiger partial charge in [-0.2, -0.15) is 5.26 Å². The lowest BCUT2D eigenvalue weighted by atomic mass is 10.2. The molecule has 0 aliphatic heterocycles. The smallest absolute Gasteiger partial charge is 0.269 e. The van der Waals surface area contributed by atoms with Crippen molar-refractivity contribution < 1.29 is 4.79 Å². The Hall–Kier alpha value is -2.94. The van der Waals surface area contributed by atoms with Crippen LogP contribution < -0.4 is 10.6 Å². The molecule has 0 unspecified atom stereocenters. The number of aromatic nitrogens is 2. The van der Waals surface area contributed by atoms with Crippen molar-refractivity contribution in [3.05, 3.63) is 47.7 Å². The van der Waals surface area contributed by atoms with E-state index in [-0.39, 0.29) is 5.69 Å². The molecular formula is C13H11N5O. The highest BCUT2D eigenvalue weighted by atomic mass is 16.1. The highest BCUT2D eigenvalue weighted by Crippen LogP contribution is 2.21. The number of nitrogens with two attached hydrogens (primary N) is 1. The summed E-state index contributed by atoms with van der Waals surface area (Å²) in [5, 5.41) is 16.4. The molecule has 1 amide bonds. The summed E-state index contributed by atoms with van der Waals surface area (Å²) in [5.74, 6) is -0.0326. The summed E-state index contributed by atoms with van der Waals surface area (Å²) >= 11 is 0. The second kappa shape index (κ2) is 5.14. The average Bonchev–Trinajstić information content (AvgIpc) is 2.46. The van der Waals surface area contributed by atoms with Crippen molar-refractivity contribution in [2.24, 2.45) is 5.73 Å². The van der Waals surface area contributed by atoms with Gasteiger partial charge in [0.05, 0.1) is 11.6 Å². The number of carbonyl (C=O) groups excluding carboxylic acids is 1. The van der Waals surface area contributed by atoms with Crippen LogP contribution in [0.25, 0.3) is 0 Å². The minimum Gasteiger partial charge on any atom is -0.364 e. The maximum Gasteiger partial charge on any atom is 0.269 e. The van der Waals surface area contributed by atoms with Gasteiger partial charge >= 0.3 is 0 Å². The van der Waals surface area contributed by atoms with Gasteiger partial charge in [0, 0.05) is 12.7 Å². The molecule has 0 spiro atoms. The molecule has 19 heavy (non-hydrogen) atoms. The van der Waals surface area contributed by atoms with E-state index in [0.29, 0.717) is 11.4 Å². The van der Waals surface area contributed by atoms with E-state index in [0.717, 1.165) is 5.69 Å². The minimum absolute atomic E-state index is 0.122. The van der Waals surface area contributed by atoms with Crippen LogP contribution in [0.3, 0.4) is 0 Å². The van der Waals surface area contributed by atoms with Crippen LogP contribution in [0, 0.1) is 11.3 Å². The van der Waals surface area contributed by atoms with E-state index >= 15 is 0 Å². The Labute approximate surface area is 110 Å². The first-order valence-electron chi connectivity index (χ1n) is 5.49. The van der Waals surface area contributed by atoms with Gasteiger partial charge in [0.2, 0.25) is 0 Å². The van der Waals surface area contributed by atoms with E-state index in [9.17, 15) is 4.79 Å². The van der Waals surface area contributed by atoms with Gasteiger partial charge in [-0.3, -0.25) is 4.79 Å². The molecule has 0 bridgehead atoms. The second-order valence-electron chi connectivity index (χ2n) is 3.86. The molecule has 1 aromatic carbocycles. The molecule has 0 saturated heterocycles. The van der Waals surface area contributed by atoms with Crippen molar-refractivity contribution >= 4 is 17.4 Å². The molecule has 94 valence electrons. The third-order valence-corrected chi connectivity index (χ3v) is 2.63. The molecule has 2 rings (SSSR count). The Bertz CT molecular complexity index is 628. The predicted octanol–water partition coefficient (Wildman–Crippen LogP) is 1.22. The Kier molecular flexibility index (Phi) is 3.39. The fourth-order valence-corrected chi connectivity index (χ4v) is 1.53. The van der Waals surface area contributed by atoms with Crippen LogP contribution in [0.2, 0.25) is 0 Å². The summed E-state index contributed by atoms with van der Waals surface area (Å²) in [6, 6.07) is 12.3. The zero-order chi connectivity index (χ0) is 13.8. The normalized spacial score (nSPS) is 9.68. The molecule has 0 aliphatic carbocycles. The van der Waals surface area contributed by atoms with Crippen molar-refractivity contribution in [2.45, 2.75) is 0 Å². The highest BCUT2D eigenvalue weighted by Gasteiger charge is 2.08. The van der Waals surface area contributed by atoms with Gasteiger partial charge < -0.3 is 10.6 Å². The molecule has 0 fully saturated rings. The summed E-state index contributed by atoms with van der Waals surface area (Å²) < 4.78 is 0. The molecule has 6 heteroatoms. The number of hydrogen-bond donors (Lipinski definition) is 1. The number of nitriles is 1. The van der Waals surface area contributed by atoms with Gasteiger partial charge in [-0.15, -0.1) is 10.2 Å². The number of amides is 1. The zero-order valence-electron chi connectivity index (χ0n) is 10.2. The van der Waals surface area contributed by atoms with Crippen molar-refractivity contribution in [1.82, 2.24) is 10.2 Å². The molecule has 6 nitrogen and oxygen atoms in total. The van der Waals surface area contributed by atoms with Gasteiger partial charge in [-0.1, -0.05) is 0 Å². The van der Waals surface area contributed by atoms with Crippen molar-refractivity contribution in [1.29, 1.82) is 5.26 Å². The van der Waals surface area contributed by atoms with Crippen LogP contribution >= 0.6 is 0 Å². The fraction of sp³-hybridized carbons (Fsp3) is 0.0769. The van der Waals surface area contributed by atoms with Crippen molar-refractivity contribution in [3.63, 3.8) is 0 Å².